The second kappa shape index (κ2) is 7.23. The highest BCUT2D eigenvalue weighted by atomic mass is 35.5. The van der Waals surface area contributed by atoms with Gasteiger partial charge in [0.25, 0.3) is 0 Å². The predicted molar refractivity (Wildman–Crippen MR) is 93.8 cm³/mol. The first-order valence-electron chi connectivity index (χ1n) is 6.97. The fourth-order valence-corrected chi connectivity index (χ4v) is 2.70. The Bertz CT molecular complexity index is 538. The van der Waals surface area contributed by atoms with E-state index in [-0.39, 0.29) is 16.3 Å². The van der Waals surface area contributed by atoms with E-state index in [0.29, 0.717) is 28.6 Å². The fourth-order valence-electron chi connectivity index (χ4n) is 2.41. The third-order valence-corrected chi connectivity index (χ3v) is 3.58. The average Bonchev–Trinajstić information content (AvgIpc) is 2.28. The van der Waals surface area contributed by atoms with Crippen molar-refractivity contribution >= 4 is 40.4 Å². The van der Waals surface area contributed by atoms with Gasteiger partial charge < -0.3 is 11.1 Å². The molecule has 5 heteroatoms. The monoisotopic (exact) mass is 326 g/mol. The predicted octanol–water partition coefficient (Wildman–Crippen LogP) is 4.38. The summed E-state index contributed by atoms with van der Waals surface area (Å²) in [5.74, 6) is 0.260. The molecule has 1 aromatic rings. The molecule has 1 amide bonds. The standard InChI is InChI=1S/C16H23ClN2OS/c1-10(9-16(2,3)4)7-14(20)19-13-8-11(15(18)21)5-6-12(13)17/h5-6,8,10H,7,9H2,1-4H3,(H2,18,21)(H,19,20). The van der Waals surface area contributed by atoms with E-state index in [1.807, 2.05) is 0 Å². The van der Waals surface area contributed by atoms with Gasteiger partial charge >= 0.3 is 0 Å². The summed E-state index contributed by atoms with van der Waals surface area (Å²) >= 11 is 11.0. The van der Waals surface area contributed by atoms with Crippen LogP contribution >= 0.6 is 23.8 Å². The summed E-state index contributed by atoms with van der Waals surface area (Å²) in [6, 6.07) is 5.13. The van der Waals surface area contributed by atoms with Gasteiger partial charge in [0.1, 0.15) is 4.99 Å². The van der Waals surface area contributed by atoms with Crippen molar-refractivity contribution in [3.05, 3.63) is 28.8 Å². The van der Waals surface area contributed by atoms with Crippen LogP contribution in [0.1, 0.15) is 46.1 Å². The lowest BCUT2D eigenvalue weighted by atomic mass is 9.84. The Labute approximate surface area is 137 Å². The zero-order valence-corrected chi connectivity index (χ0v) is 14.6. The van der Waals surface area contributed by atoms with Crippen molar-refractivity contribution in [2.24, 2.45) is 17.1 Å². The molecule has 0 saturated heterocycles. The maximum atomic E-state index is 12.1. The summed E-state index contributed by atoms with van der Waals surface area (Å²) in [7, 11) is 0. The molecule has 0 saturated carbocycles. The van der Waals surface area contributed by atoms with E-state index in [2.05, 4.69) is 33.0 Å². The molecule has 0 fully saturated rings. The summed E-state index contributed by atoms with van der Waals surface area (Å²) in [6.07, 6.45) is 1.45. The lowest BCUT2D eigenvalue weighted by Gasteiger charge is -2.22. The number of nitrogens with one attached hydrogen (secondary N) is 1. The summed E-state index contributed by atoms with van der Waals surface area (Å²) in [4.78, 5) is 12.4. The molecular formula is C16H23ClN2OS. The van der Waals surface area contributed by atoms with Gasteiger partial charge in [-0.1, -0.05) is 57.6 Å². The molecule has 0 aromatic heterocycles. The first-order valence-corrected chi connectivity index (χ1v) is 7.76. The quantitative estimate of drug-likeness (QED) is 0.790. The molecule has 21 heavy (non-hydrogen) atoms. The molecule has 1 unspecified atom stereocenters. The molecule has 116 valence electrons. The second-order valence-corrected chi connectivity index (χ2v) is 7.53. The number of benzene rings is 1. The number of carbonyl (C=O) groups excluding carboxylic acids is 1. The maximum absolute atomic E-state index is 12.1. The first kappa shape index (κ1) is 17.9. The van der Waals surface area contributed by atoms with Crippen LogP contribution in [0, 0.1) is 11.3 Å². The maximum Gasteiger partial charge on any atom is 0.224 e. The van der Waals surface area contributed by atoms with Crippen molar-refractivity contribution in [3.63, 3.8) is 0 Å². The van der Waals surface area contributed by atoms with Crippen LogP contribution in [-0.4, -0.2) is 10.9 Å². The number of nitrogens with two attached hydrogens (primary N) is 1. The molecule has 1 aromatic carbocycles. The van der Waals surface area contributed by atoms with Gasteiger partial charge in [-0.05, 0) is 29.9 Å². The number of anilines is 1. The van der Waals surface area contributed by atoms with Crippen molar-refractivity contribution in [2.75, 3.05) is 5.32 Å². The van der Waals surface area contributed by atoms with Gasteiger partial charge in [0.15, 0.2) is 0 Å². The van der Waals surface area contributed by atoms with E-state index >= 15 is 0 Å². The molecule has 3 N–H and O–H groups in total. The highest BCUT2D eigenvalue weighted by Crippen LogP contribution is 2.27. The molecule has 0 aliphatic carbocycles. The van der Waals surface area contributed by atoms with E-state index in [0.717, 1.165) is 6.42 Å². The van der Waals surface area contributed by atoms with Gasteiger partial charge in [0.05, 0.1) is 10.7 Å². The molecule has 0 bridgehead atoms. The molecule has 0 radical (unpaired) electrons. The number of hydrogen-bond acceptors (Lipinski definition) is 2. The van der Waals surface area contributed by atoms with E-state index in [9.17, 15) is 4.79 Å². The van der Waals surface area contributed by atoms with Crippen molar-refractivity contribution in [2.45, 2.75) is 40.5 Å². The zero-order valence-electron chi connectivity index (χ0n) is 13.0. The van der Waals surface area contributed by atoms with Crippen LogP contribution in [0.15, 0.2) is 18.2 Å². The summed E-state index contributed by atoms with van der Waals surface area (Å²) in [6.45, 7) is 8.59. The number of thiocarbonyl (C=S) groups is 1. The van der Waals surface area contributed by atoms with E-state index in [4.69, 9.17) is 29.6 Å². The number of carbonyl (C=O) groups is 1. The van der Waals surface area contributed by atoms with Crippen LogP contribution in [0.5, 0.6) is 0 Å². The van der Waals surface area contributed by atoms with Gasteiger partial charge in [-0.25, -0.2) is 0 Å². The molecule has 1 atom stereocenters. The van der Waals surface area contributed by atoms with E-state index in [1.54, 1.807) is 18.2 Å². The summed E-state index contributed by atoms with van der Waals surface area (Å²) < 4.78 is 0. The van der Waals surface area contributed by atoms with Crippen LogP contribution in [0.3, 0.4) is 0 Å². The Hall–Kier alpha value is -1.13. The van der Waals surface area contributed by atoms with Crippen LogP contribution in [-0.2, 0) is 4.79 Å². The molecule has 0 heterocycles. The van der Waals surface area contributed by atoms with Gasteiger partial charge in [-0.15, -0.1) is 0 Å². The van der Waals surface area contributed by atoms with Crippen molar-refractivity contribution in [1.29, 1.82) is 0 Å². The topological polar surface area (TPSA) is 55.1 Å². The minimum Gasteiger partial charge on any atom is -0.389 e. The zero-order chi connectivity index (χ0) is 16.2. The first-order chi connectivity index (χ1) is 9.58. The number of halogens is 1. The number of amides is 1. The Kier molecular flexibility index (Phi) is 6.17. The Morgan fingerprint density at radius 1 is 1.43 bits per heavy atom. The van der Waals surface area contributed by atoms with Crippen LogP contribution in [0.25, 0.3) is 0 Å². The van der Waals surface area contributed by atoms with Crippen molar-refractivity contribution < 1.29 is 4.79 Å². The minimum absolute atomic E-state index is 0.0475. The molecule has 0 aliphatic rings. The summed E-state index contributed by atoms with van der Waals surface area (Å²) in [5, 5.41) is 3.31. The van der Waals surface area contributed by atoms with E-state index in [1.165, 1.54) is 0 Å². The van der Waals surface area contributed by atoms with Crippen molar-refractivity contribution in [1.82, 2.24) is 0 Å². The van der Waals surface area contributed by atoms with Gasteiger partial charge in [0, 0.05) is 12.0 Å². The highest BCUT2D eigenvalue weighted by molar-refractivity contribution is 7.80. The lowest BCUT2D eigenvalue weighted by Crippen LogP contribution is -2.19. The fraction of sp³-hybridized carbons (Fsp3) is 0.500. The van der Waals surface area contributed by atoms with Crippen LogP contribution in [0.2, 0.25) is 5.02 Å². The minimum atomic E-state index is -0.0475. The number of rotatable bonds is 5. The highest BCUT2D eigenvalue weighted by Gasteiger charge is 2.18. The third-order valence-electron chi connectivity index (χ3n) is 3.02. The Morgan fingerprint density at radius 2 is 2.05 bits per heavy atom. The second-order valence-electron chi connectivity index (χ2n) is 6.68. The van der Waals surface area contributed by atoms with Gasteiger partial charge in [0.2, 0.25) is 5.91 Å². The lowest BCUT2D eigenvalue weighted by molar-refractivity contribution is -0.117. The van der Waals surface area contributed by atoms with Crippen LogP contribution in [0.4, 0.5) is 5.69 Å². The molecular weight excluding hydrogens is 304 g/mol. The third kappa shape index (κ3) is 6.44. The SMILES string of the molecule is CC(CC(=O)Nc1cc(C(N)=S)ccc1Cl)CC(C)(C)C. The Balaban J connectivity index is 2.71. The van der Waals surface area contributed by atoms with Gasteiger partial charge in [-0.3, -0.25) is 4.79 Å². The Morgan fingerprint density at radius 3 is 2.57 bits per heavy atom. The largest absolute Gasteiger partial charge is 0.389 e. The van der Waals surface area contributed by atoms with Crippen LogP contribution < -0.4 is 11.1 Å². The van der Waals surface area contributed by atoms with Gasteiger partial charge in [-0.2, -0.15) is 0 Å². The normalized spacial score (nSPS) is 12.8. The smallest absolute Gasteiger partial charge is 0.224 e. The molecule has 0 spiro atoms. The number of hydrogen-bond donors (Lipinski definition) is 2. The van der Waals surface area contributed by atoms with Crippen molar-refractivity contribution in [3.8, 4) is 0 Å². The summed E-state index contributed by atoms with van der Waals surface area (Å²) in [5.41, 5.74) is 7.04. The molecule has 3 nitrogen and oxygen atoms in total. The molecule has 0 aliphatic heterocycles. The van der Waals surface area contributed by atoms with E-state index < -0.39 is 0 Å². The molecule has 1 rings (SSSR count). The average molecular weight is 327 g/mol.